The predicted octanol–water partition coefficient (Wildman–Crippen LogP) is 2.82. The molecule has 2 aromatic rings. The highest BCUT2D eigenvalue weighted by Crippen LogP contribution is 2.21. The summed E-state index contributed by atoms with van der Waals surface area (Å²) < 4.78 is 5.06. The fraction of sp³-hybridized carbons (Fsp3) is 0.438. The van der Waals surface area contributed by atoms with Gasteiger partial charge in [0.2, 0.25) is 0 Å². The summed E-state index contributed by atoms with van der Waals surface area (Å²) in [5, 5.41) is 6.65. The van der Waals surface area contributed by atoms with Gasteiger partial charge in [0.05, 0.1) is 23.9 Å². The van der Waals surface area contributed by atoms with Crippen LogP contribution in [-0.2, 0) is 17.8 Å². The van der Waals surface area contributed by atoms with Crippen LogP contribution in [0.2, 0.25) is 0 Å². The van der Waals surface area contributed by atoms with Gasteiger partial charge in [-0.3, -0.25) is 0 Å². The van der Waals surface area contributed by atoms with E-state index in [1.807, 2.05) is 6.92 Å². The van der Waals surface area contributed by atoms with Crippen molar-refractivity contribution in [3.8, 4) is 0 Å². The van der Waals surface area contributed by atoms with E-state index < -0.39 is 0 Å². The van der Waals surface area contributed by atoms with Crippen LogP contribution in [-0.4, -0.2) is 32.3 Å². The molecule has 0 atom stereocenters. The molecule has 0 saturated carbocycles. The van der Waals surface area contributed by atoms with Crippen LogP contribution >= 0.6 is 11.3 Å². The molecule has 0 spiro atoms. The SMILES string of the molecule is COCCNCc1ccccc1N(C)Cc1csc(C)n1. The van der Waals surface area contributed by atoms with Crippen LogP contribution in [0.15, 0.2) is 29.6 Å². The van der Waals surface area contributed by atoms with Gasteiger partial charge in [-0.2, -0.15) is 0 Å². The summed E-state index contributed by atoms with van der Waals surface area (Å²) in [6.45, 7) is 5.32. The molecule has 0 aliphatic rings. The molecule has 4 nitrogen and oxygen atoms in total. The van der Waals surface area contributed by atoms with Crippen LogP contribution in [0.1, 0.15) is 16.3 Å². The number of nitrogens with one attached hydrogen (secondary N) is 1. The maximum Gasteiger partial charge on any atom is 0.0898 e. The van der Waals surface area contributed by atoms with Crippen molar-refractivity contribution in [2.45, 2.75) is 20.0 Å². The number of rotatable bonds is 8. The Balaban J connectivity index is 2.00. The summed E-state index contributed by atoms with van der Waals surface area (Å²) in [7, 11) is 3.84. The van der Waals surface area contributed by atoms with Crippen LogP contribution in [0.3, 0.4) is 0 Å². The number of ether oxygens (including phenoxy) is 1. The highest BCUT2D eigenvalue weighted by atomic mass is 32.1. The number of para-hydroxylation sites is 1. The zero-order valence-corrected chi connectivity index (χ0v) is 13.7. The lowest BCUT2D eigenvalue weighted by Gasteiger charge is -2.22. The smallest absolute Gasteiger partial charge is 0.0898 e. The van der Waals surface area contributed by atoms with E-state index in [2.05, 4.69) is 51.9 Å². The quantitative estimate of drug-likeness (QED) is 0.761. The number of anilines is 1. The molecule has 0 bridgehead atoms. The Kier molecular flexibility index (Phi) is 6.17. The number of thiazole rings is 1. The van der Waals surface area contributed by atoms with Gasteiger partial charge in [0.25, 0.3) is 0 Å². The number of hydrogen-bond donors (Lipinski definition) is 1. The zero-order chi connectivity index (χ0) is 15.1. The van der Waals surface area contributed by atoms with Crippen LogP contribution in [0.5, 0.6) is 0 Å². The van der Waals surface area contributed by atoms with Crippen molar-refractivity contribution >= 4 is 17.0 Å². The summed E-state index contributed by atoms with van der Waals surface area (Å²) in [6.07, 6.45) is 0. The molecule has 0 amide bonds. The molecular formula is C16H23N3OS. The van der Waals surface area contributed by atoms with Crippen molar-refractivity contribution in [3.63, 3.8) is 0 Å². The number of nitrogens with zero attached hydrogens (tertiary/aromatic N) is 2. The molecule has 0 aliphatic carbocycles. The lowest BCUT2D eigenvalue weighted by atomic mass is 10.1. The Morgan fingerprint density at radius 3 is 2.86 bits per heavy atom. The minimum Gasteiger partial charge on any atom is -0.383 e. The molecule has 0 radical (unpaired) electrons. The third-order valence-electron chi connectivity index (χ3n) is 3.27. The maximum atomic E-state index is 5.06. The molecular weight excluding hydrogens is 282 g/mol. The third-order valence-corrected chi connectivity index (χ3v) is 4.09. The first-order chi connectivity index (χ1) is 10.2. The molecule has 1 N–H and O–H groups in total. The molecule has 1 heterocycles. The average molecular weight is 305 g/mol. The predicted molar refractivity (Wildman–Crippen MR) is 89.0 cm³/mol. The molecule has 114 valence electrons. The van der Waals surface area contributed by atoms with E-state index >= 15 is 0 Å². The Morgan fingerprint density at radius 1 is 1.33 bits per heavy atom. The molecule has 0 saturated heterocycles. The summed E-state index contributed by atoms with van der Waals surface area (Å²) >= 11 is 1.70. The number of benzene rings is 1. The molecule has 0 fully saturated rings. The zero-order valence-electron chi connectivity index (χ0n) is 12.9. The highest BCUT2D eigenvalue weighted by molar-refractivity contribution is 7.09. The number of hydrogen-bond acceptors (Lipinski definition) is 5. The Hall–Kier alpha value is -1.43. The van der Waals surface area contributed by atoms with E-state index in [0.29, 0.717) is 0 Å². The monoisotopic (exact) mass is 305 g/mol. The van der Waals surface area contributed by atoms with Crippen molar-refractivity contribution in [3.05, 3.63) is 45.9 Å². The number of aryl methyl sites for hydroxylation is 1. The summed E-state index contributed by atoms with van der Waals surface area (Å²) in [5.74, 6) is 0. The molecule has 21 heavy (non-hydrogen) atoms. The van der Waals surface area contributed by atoms with Crippen molar-refractivity contribution < 1.29 is 4.74 Å². The number of aromatic nitrogens is 1. The third kappa shape index (κ3) is 4.81. The van der Waals surface area contributed by atoms with Gasteiger partial charge in [0, 0.05) is 38.3 Å². The van der Waals surface area contributed by atoms with Gasteiger partial charge in [-0.25, -0.2) is 4.98 Å². The lowest BCUT2D eigenvalue weighted by molar-refractivity contribution is 0.199. The van der Waals surface area contributed by atoms with Gasteiger partial charge in [-0.1, -0.05) is 18.2 Å². The van der Waals surface area contributed by atoms with Crippen LogP contribution in [0.25, 0.3) is 0 Å². The minimum absolute atomic E-state index is 0.732. The maximum absolute atomic E-state index is 5.06. The second kappa shape index (κ2) is 8.12. The van der Waals surface area contributed by atoms with Crippen molar-refractivity contribution in [2.75, 3.05) is 32.2 Å². The average Bonchev–Trinajstić information content (AvgIpc) is 2.89. The fourth-order valence-corrected chi connectivity index (χ4v) is 2.84. The van der Waals surface area contributed by atoms with Crippen molar-refractivity contribution in [2.24, 2.45) is 0 Å². The van der Waals surface area contributed by atoms with E-state index in [4.69, 9.17) is 4.74 Å². The van der Waals surface area contributed by atoms with Crippen molar-refractivity contribution in [1.29, 1.82) is 0 Å². The van der Waals surface area contributed by atoms with Gasteiger partial charge in [-0.05, 0) is 18.6 Å². The first-order valence-electron chi connectivity index (χ1n) is 7.10. The van der Waals surface area contributed by atoms with Gasteiger partial charge in [0.15, 0.2) is 0 Å². The standard InChI is InChI=1S/C16H23N3OS/c1-13-18-15(12-21-13)11-19(2)16-7-5-4-6-14(16)10-17-8-9-20-3/h4-7,12,17H,8-11H2,1-3H3. The topological polar surface area (TPSA) is 37.4 Å². The first-order valence-corrected chi connectivity index (χ1v) is 7.98. The first kappa shape index (κ1) is 15.9. The second-order valence-electron chi connectivity index (χ2n) is 5.01. The van der Waals surface area contributed by atoms with E-state index in [1.54, 1.807) is 18.4 Å². The Bertz CT molecular complexity index is 556. The van der Waals surface area contributed by atoms with Crippen LogP contribution in [0, 0.1) is 6.92 Å². The molecule has 1 aromatic heterocycles. The Labute approximate surface area is 130 Å². The van der Waals surface area contributed by atoms with Crippen molar-refractivity contribution in [1.82, 2.24) is 10.3 Å². The summed E-state index contributed by atoms with van der Waals surface area (Å²) in [5.41, 5.74) is 3.67. The number of methoxy groups -OCH3 is 1. The van der Waals surface area contributed by atoms with Crippen LogP contribution < -0.4 is 10.2 Å². The molecule has 2 rings (SSSR count). The van der Waals surface area contributed by atoms with Gasteiger partial charge >= 0.3 is 0 Å². The molecule has 5 heteroatoms. The van der Waals surface area contributed by atoms with Gasteiger partial charge in [-0.15, -0.1) is 11.3 Å². The second-order valence-corrected chi connectivity index (χ2v) is 6.07. The molecule has 0 unspecified atom stereocenters. The Morgan fingerprint density at radius 2 is 2.14 bits per heavy atom. The lowest BCUT2D eigenvalue weighted by Crippen LogP contribution is -2.22. The molecule has 1 aromatic carbocycles. The van der Waals surface area contributed by atoms with E-state index in [1.165, 1.54) is 11.3 Å². The molecule has 0 aliphatic heterocycles. The summed E-state index contributed by atoms with van der Waals surface area (Å²) in [4.78, 5) is 6.79. The van der Waals surface area contributed by atoms with Gasteiger partial charge < -0.3 is 15.0 Å². The van der Waals surface area contributed by atoms with E-state index in [9.17, 15) is 0 Å². The normalized spacial score (nSPS) is 10.8. The highest BCUT2D eigenvalue weighted by Gasteiger charge is 2.09. The largest absolute Gasteiger partial charge is 0.383 e. The summed E-state index contributed by atoms with van der Waals surface area (Å²) in [6, 6.07) is 8.49. The van der Waals surface area contributed by atoms with Gasteiger partial charge in [0.1, 0.15) is 0 Å². The van der Waals surface area contributed by atoms with E-state index in [0.717, 1.165) is 36.9 Å². The fourth-order valence-electron chi connectivity index (χ4n) is 2.24. The van der Waals surface area contributed by atoms with Crippen LogP contribution in [0.4, 0.5) is 5.69 Å². The minimum atomic E-state index is 0.732. The van der Waals surface area contributed by atoms with E-state index in [-0.39, 0.29) is 0 Å².